The van der Waals surface area contributed by atoms with Crippen molar-refractivity contribution >= 4 is 35.1 Å². The number of halogens is 2. The Morgan fingerprint density at radius 2 is 1.93 bits per heavy atom. The van der Waals surface area contributed by atoms with E-state index < -0.39 is 11.9 Å². The number of carbonyl (C=O) groups is 2. The first-order valence-electron chi connectivity index (χ1n) is 8.76. The first kappa shape index (κ1) is 23.0. The topological polar surface area (TPSA) is 131 Å². The molecule has 4 N–H and O–H groups in total. The Bertz CT molecular complexity index is 862. The summed E-state index contributed by atoms with van der Waals surface area (Å²) >= 11 is 12.0. The number of nitrogens with zero attached hydrogens (tertiary/aromatic N) is 3. The number of aliphatic carboxylic acids is 2. The van der Waals surface area contributed by atoms with Crippen LogP contribution in [0.3, 0.4) is 0 Å². The fourth-order valence-corrected chi connectivity index (χ4v) is 3.03. The van der Waals surface area contributed by atoms with Crippen molar-refractivity contribution in [2.45, 2.75) is 19.4 Å². The zero-order valence-corrected chi connectivity index (χ0v) is 17.2. The third-order valence-electron chi connectivity index (χ3n) is 4.16. The molecule has 9 nitrogen and oxygen atoms in total. The van der Waals surface area contributed by atoms with E-state index in [1.54, 1.807) is 16.8 Å². The van der Waals surface area contributed by atoms with Gasteiger partial charge in [0.2, 0.25) is 5.88 Å². The molecule has 0 radical (unpaired) electrons. The standard InChI is InChI=1S/C16H20Cl2N4O.C2H2O4/c1-11-8-16(23-7-6-21-5-4-12(19)10-21)20-22(11)13-2-3-14(17)15(18)9-13;3-1(4)2(5)6/h2-3,8-9,12H,4-7,10,19H2,1H3;(H,3,4)(H,5,6). The first-order chi connectivity index (χ1) is 13.7. The molecule has 158 valence electrons. The Morgan fingerprint density at radius 3 is 2.48 bits per heavy atom. The van der Waals surface area contributed by atoms with Gasteiger partial charge in [-0.25, -0.2) is 14.3 Å². The lowest BCUT2D eigenvalue weighted by Gasteiger charge is -2.14. The van der Waals surface area contributed by atoms with Crippen LogP contribution in [0.1, 0.15) is 12.1 Å². The van der Waals surface area contributed by atoms with Gasteiger partial charge >= 0.3 is 11.9 Å². The van der Waals surface area contributed by atoms with E-state index in [1.165, 1.54) is 0 Å². The van der Waals surface area contributed by atoms with Gasteiger partial charge in [-0.15, -0.1) is 5.10 Å². The SMILES string of the molecule is Cc1cc(OCCN2CCC(N)C2)nn1-c1ccc(Cl)c(Cl)c1.O=C(O)C(=O)O. The average molecular weight is 445 g/mol. The lowest BCUT2D eigenvalue weighted by molar-refractivity contribution is -0.159. The monoisotopic (exact) mass is 444 g/mol. The number of carboxylic acids is 2. The van der Waals surface area contributed by atoms with Gasteiger partial charge in [-0.1, -0.05) is 23.2 Å². The highest BCUT2D eigenvalue weighted by molar-refractivity contribution is 6.42. The molecule has 1 aliphatic rings. The molecule has 0 aliphatic carbocycles. The molecular formula is C18H22Cl2N4O5. The number of rotatable bonds is 5. The molecule has 2 aromatic rings. The van der Waals surface area contributed by atoms with Gasteiger partial charge in [0, 0.05) is 30.9 Å². The Hall–Kier alpha value is -2.33. The van der Waals surface area contributed by atoms with Crippen molar-refractivity contribution in [3.63, 3.8) is 0 Å². The second kappa shape index (κ2) is 10.4. The fourth-order valence-electron chi connectivity index (χ4n) is 2.74. The lowest BCUT2D eigenvalue weighted by atomic mass is 10.3. The molecule has 1 saturated heterocycles. The third-order valence-corrected chi connectivity index (χ3v) is 4.90. The van der Waals surface area contributed by atoms with Crippen LogP contribution in [0.4, 0.5) is 0 Å². The molecule has 0 saturated carbocycles. The summed E-state index contributed by atoms with van der Waals surface area (Å²) in [6, 6.07) is 7.64. The Balaban J connectivity index is 0.000000438. The number of hydrogen-bond acceptors (Lipinski definition) is 6. The molecule has 1 aromatic heterocycles. The first-order valence-corrected chi connectivity index (χ1v) is 9.52. The Kier molecular flexibility index (Phi) is 8.27. The highest BCUT2D eigenvalue weighted by Gasteiger charge is 2.18. The van der Waals surface area contributed by atoms with Gasteiger partial charge in [0.05, 0.1) is 15.7 Å². The van der Waals surface area contributed by atoms with Crippen LogP contribution in [0.15, 0.2) is 24.3 Å². The summed E-state index contributed by atoms with van der Waals surface area (Å²) in [5, 5.41) is 20.3. The van der Waals surface area contributed by atoms with Gasteiger partial charge in [0.1, 0.15) is 6.61 Å². The van der Waals surface area contributed by atoms with Crippen LogP contribution in [0.25, 0.3) is 5.69 Å². The molecule has 1 aliphatic heterocycles. The summed E-state index contributed by atoms with van der Waals surface area (Å²) in [5.41, 5.74) is 7.73. The van der Waals surface area contributed by atoms with Crippen LogP contribution < -0.4 is 10.5 Å². The average Bonchev–Trinajstić information content (AvgIpc) is 3.23. The molecule has 2 heterocycles. The van der Waals surface area contributed by atoms with Crippen LogP contribution in [0.2, 0.25) is 10.0 Å². The van der Waals surface area contributed by atoms with Crippen molar-refractivity contribution in [2.75, 3.05) is 26.2 Å². The quantitative estimate of drug-likeness (QED) is 0.597. The predicted molar refractivity (Wildman–Crippen MR) is 108 cm³/mol. The maximum atomic E-state index is 9.10. The van der Waals surface area contributed by atoms with Crippen molar-refractivity contribution in [1.29, 1.82) is 0 Å². The number of benzene rings is 1. The van der Waals surface area contributed by atoms with E-state index in [4.69, 9.17) is 53.5 Å². The van der Waals surface area contributed by atoms with Crippen molar-refractivity contribution in [1.82, 2.24) is 14.7 Å². The minimum absolute atomic E-state index is 0.297. The molecule has 11 heteroatoms. The highest BCUT2D eigenvalue weighted by Crippen LogP contribution is 2.25. The molecule has 0 amide bonds. The zero-order valence-electron chi connectivity index (χ0n) is 15.7. The van der Waals surface area contributed by atoms with Crippen LogP contribution in [0, 0.1) is 6.92 Å². The highest BCUT2D eigenvalue weighted by atomic mass is 35.5. The molecule has 1 aromatic carbocycles. The van der Waals surface area contributed by atoms with Crippen molar-refractivity contribution in [3.05, 3.63) is 40.0 Å². The Labute approximate surface area is 177 Å². The van der Waals surface area contributed by atoms with E-state index in [1.807, 2.05) is 19.1 Å². The lowest BCUT2D eigenvalue weighted by Crippen LogP contribution is -2.29. The van der Waals surface area contributed by atoms with Crippen LogP contribution >= 0.6 is 23.2 Å². The van der Waals surface area contributed by atoms with Crippen LogP contribution in [-0.4, -0.2) is 69.1 Å². The number of aromatic nitrogens is 2. The number of carboxylic acid groups (broad SMARTS) is 2. The molecule has 1 unspecified atom stereocenters. The number of hydrogen-bond donors (Lipinski definition) is 3. The summed E-state index contributed by atoms with van der Waals surface area (Å²) in [6.45, 7) is 5.43. The number of nitrogens with two attached hydrogens (primary N) is 1. The van der Waals surface area contributed by atoms with E-state index in [0.29, 0.717) is 28.6 Å². The maximum Gasteiger partial charge on any atom is 0.414 e. The zero-order chi connectivity index (χ0) is 21.6. The van der Waals surface area contributed by atoms with Crippen LogP contribution in [-0.2, 0) is 9.59 Å². The summed E-state index contributed by atoms with van der Waals surface area (Å²) in [7, 11) is 0. The van der Waals surface area contributed by atoms with Gasteiger partial charge in [-0.3, -0.25) is 4.90 Å². The molecule has 1 atom stereocenters. The van der Waals surface area contributed by atoms with E-state index in [9.17, 15) is 0 Å². The van der Waals surface area contributed by atoms with E-state index in [-0.39, 0.29) is 0 Å². The normalized spacial score (nSPS) is 16.2. The van der Waals surface area contributed by atoms with Crippen molar-refractivity contribution in [3.8, 4) is 11.6 Å². The number of likely N-dealkylation sites (tertiary alicyclic amines) is 1. The molecular weight excluding hydrogens is 423 g/mol. The minimum atomic E-state index is -1.82. The maximum absolute atomic E-state index is 9.10. The number of ether oxygens (including phenoxy) is 1. The van der Waals surface area contributed by atoms with Crippen molar-refractivity contribution < 1.29 is 24.5 Å². The van der Waals surface area contributed by atoms with Crippen LogP contribution in [0.5, 0.6) is 5.88 Å². The van der Waals surface area contributed by atoms with Gasteiger partial charge in [-0.05, 0) is 38.1 Å². The predicted octanol–water partition coefficient (Wildman–Crippen LogP) is 2.05. The van der Waals surface area contributed by atoms with E-state index in [2.05, 4.69) is 10.00 Å². The summed E-state index contributed by atoms with van der Waals surface area (Å²) in [4.78, 5) is 20.5. The van der Waals surface area contributed by atoms with Gasteiger partial charge in [0.25, 0.3) is 0 Å². The molecule has 0 bridgehead atoms. The fraction of sp³-hybridized carbons (Fsp3) is 0.389. The summed E-state index contributed by atoms with van der Waals surface area (Å²) < 4.78 is 7.56. The molecule has 3 rings (SSSR count). The number of aryl methyl sites for hydroxylation is 1. The second-order valence-corrected chi connectivity index (χ2v) is 7.26. The van der Waals surface area contributed by atoms with Gasteiger partial charge in [0.15, 0.2) is 0 Å². The molecule has 1 fully saturated rings. The Morgan fingerprint density at radius 1 is 1.24 bits per heavy atom. The molecule has 0 spiro atoms. The van der Waals surface area contributed by atoms with E-state index >= 15 is 0 Å². The summed E-state index contributed by atoms with van der Waals surface area (Å²) in [5.74, 6) is -3.04. The van der Waals surface area contributed by atoms with Crippen molar-refractivity contribution in [2.24, 2.45) is 5.73 Å². The van der Waals surface area contributed by atoms with E-state index in [0.717, 1.165) is 37.4 Å². The molecule has 29 heavy (non-hydrogen) atoms. The van der Waals surface area contributed by atoms with Gasteiger partial charge < -0.3 is 20.7 Å². The third kappa shape index (κ3) is 6.90. The smallest absolute Gasteiger partial charge is 0.414 e. The minimum Gasteiger partial charge on any atom is -0.475 e. The largest absolute Gasteiger partial charge is 0.475 e. The summed E-state index contributed by atoms with van der Waals surface area (Å²) in [6.07, 6.45) is 1.06. The second-order valence-electron chi connectivity index (χ2n) is 6.44. The van der Waals surface area contributed by atoms with Gasteiger partial charge in [-0.2, -0.15) is 0 Å².